The summed E-state index contributed by atoms with van der Waals surface area (Å²) in [6, 6.07) is 6.69. The summed E-state index contributed by atoms with van der Waals surface area (Å²) >= 11 is 0. The van der Waals surface area contributed by atoms with Gasteiger partial charge in [-0.15, -0.1) is 0 Å². The Labute approximate surface area is 187 Å². The summed E-state index contributed by atoms with van der Waals surface area (Å²) in [4.78, 5) is 36.2. The van der Waals surface area contributed by atoms with Crippen LogP contribution in [-0.4, -0.2) is 17.9 Å². The SMILES string of the molecule is CC[C@@H](NC(=O)Cc1c(C)c2cc3c(-c4ccc(F)cc4)coc3c(C)c2oc1=O)C(=O)[O-]. The largest absolute Gasteiger partial charge is 0.548 e. The van der Waals surface area contributed by atoms with Crippen LogP contribution < -0.4 is 16.0 Å². The number of amides is 1. The minimum absolute atomic E-state index is 0.138. The number of fused-ring (bicyclic) bond motifs is 2. The summed E-state index contributed by atoms with van der Waals surface area (Å²) in [6.07, 6.45) is 1.39. The molecule has 2 aromatic carbocycles. The van der Waals surface area contributed by atoms with E-state index in [2.05, 4.69) is 5.32 Å². The van der Waals surface area contributed by atoms with Crippen LogP contribution in [0.5, 0.6) is 0 Å². The third-order valence-corrected chi connectivity index (χ3v) is 5.86. The van der Waals surface area contributed by atoms with Crippen LogP contribution in [0.25, 0.3) is 33.1 Å². The van der Waals surface area contributed by atoms with E-state index in [9.17, 15) is 23.9 Å². The zero-order valence-electron chi connectivity index (χ0n) is 18.3. The molecular weight excluding hydrogens is 429 g/mol. The third-order valence-electron chi connectivity index (χ3n) is 5.86. The molecule has 0 saturated heterocycles. The normalized spacial score (nSPS) is 12.2. The van der Waals surface area contributed by atoms with Gasteiger partial charge in [0, 0.05) is 21.9 Å². The summed E-state index contributed by atoms with van der Waals surface area (Å²) in [5, 5.41) is 14.8. The van der Waals surface area contributed by atoms with Gasteiger partial charge in [0.1, 0.15) is 17.0 Å². The number of carbonyl (C=O) groups excluding carboxylic acids is 2. The molecule has 0 bridgehead atoms. The summed E-state index contributed by atoms with van der Waals surface area (Å²) in [5.41, 5.74) is 3.02. The van der Waals surface area contributed by atoms with Crippen LogP contribution in [-0.2, 0) is 16.0 Å². The van der Waals surface area contributed by atoms with Crippen LogP contribution in [0.15, 0.2) is 50.2 Å². The molecule has 0 spiro atoms. The van der Waals surface area contributed by atoms with Gasteiger partial charge in [0.2, 0.25) is 5.91 Å². The van der Waals surface area contributed by atoms with Crippen LogP contribution in [0.2, 0.25) is 0 Å². The van der Waals surface area contributed by atoms with E-state index < -0.39 is 23.5 Å². The van der Waals surface area contributed by atoms with Crippen LogP contribution in [0.4, 0.5) is 4.39 Å². The summed E-state index contributed by atoms with van der Waals surface area (Å²) in [6.45, 7) is 5.08. The van der Waals surface area contributed by atoms with E-state index in [4.69, 9.17) is 8.83 Å². The number of nitrogens with one attached hydrogen (secondary N) is 1. The number of aliphatic carboxylic acids is 1. The maximum Gasteiger partial charge on any atom is 0.340 e. The third kappa shape index (κ3) is 4.00. The average molecular weight is 450 g/mol. The monoisotopic (exact) mass is 450 g/mol. The second-order valence-corrected chi connectivity index (χ2v) is 7.93. The Morgan fingerprint density at radius 1 is 1.09 bits per heavy atom. The Balaban J connectivity index is 1.83. The lowest BCUT2D eigenvalue weighted by molar-refractivity contribution is -0.308. The van der Waals surface area contributed by atoms with E-state index in [0.29, 0.717) is 27.7 Å². The molecule has 1 amide bonds. The second-order valence-electron chi connectivity index (χ2n) is 7.93. The average Bonchev–Trinajstić information content (AvgIpc) is 3.20. The zero-order valence-corrected chi connectivity index (χ0v) is 18.3. The van der Waals surface area contributed by atoms with Crippen molar-refractivity contribution >= 4 is 33.8 Å². The molecule has 8 heteroatoms. The molecule has 2 aromatic heterocycles. The van der Waals surface area contributed by atoms with Crippen LogP contribution in [0, 0.1) is 19.7 Å². The molecule has 33 heavy (non-hydrogen) atoms. The van der Waals surface area contributed by atoms with Crippen molar-refractivity contribution in [2.45, 2.75) is 39.7 Å². The molecule has 2 heterocycles. The van der Waals surface area contributed by atoms with Crippen molar-refractivity contribution in [1.29, 1.82) is 0 Å². The predicted octanol–water partition coefficient (Wildman–Crippen LogP) is 3.15. The molecule has 7 nitrogen and oxygen atoms in total. The van der Waals surface area contributed by atoms with Crippen LogP contribution in [0.3, 0.4) is 0 Å². The lowest BCUT2D eigenvalue weighted by atomic mass is 9.97. The predicted molar refractivity (Wildman–Crippen MR) is 118 cm³/mol. The molecule has 4 rings (SSSR count). The standard InChI is InChI=1S/C25H22FNO6/c1-4-20(24(29)30)27-21(28)10-17-12(2)16-9-18-19(14-5-7-15(26)8-6-14)11-32-22(18)13(3)23(16)33-25(17)31/h5-9,11,20H,4,10H2,1-3H3,(H,27,28)(H,29,30)/p-1/t20-/m1/s1. The topological polar surface area (TPSA) is 113 Å². The van der Waals surface area contributed by atoms with E-state index in [1.54, 1.807) is 39.2 Å². The number of carboxylic acid groups (broad SMARTS) is 1. The highest BCUT2D eigenvalue weighted by atomic mass is 19.1. The molecule has 1 N–H and O–H groups in total. The number of furan rings is 1. The van der Waals surface area contributed by atoms with Crippen LogP contribution in [0.1, 0.15) is 30.0 Å². The maximum absolute atomic E-state index is 13.4. The summed E-state index contributed by atoms with van der Waals surface area (Å²) in [7, 11) is 0. The molecule has 170 valence electrons. The molecule has 0 saturated carbocycles. The highest BCUT2D eigenvalue weighted by Gasteiger charge is 2.21. The first-order valence-electron chi connectivity index (χ1n) is 10.4. The van der Waals surface area contributed by atoms with Gasteiger partial charge in [-0.2, -0.15) is 0 Å². The van der Waals surface area contributed by atoms with E-state index >= 15 is 0 Å². The molecule has 4 aromatic rings. The second kappa shape index (κ2) is 8.54. The zero-order chi connectivity index (χ0) is 23.9. The Bertz CT molecular complexity index is 1450. The number of halogens is 1. The molecule has 0 aliphatic heterocycles. The lowest BCUT2D eigenvalue weighted by Gasteiger charge is -2.18. The van der Waals surface area contributed by atoms with Gasteiger partial charge < -0.3 is 24.1 Å². The number of aryl methyl sites for hydroxylation is 2. The number of hydrogen-bond donors (Lipinski definition) is 1. The first-order valence-corrected chi connectivity index (χ1v) is 10.4. The van der Waals surface area contributed by atoms with Crippen molar-refractivity contribution in [3.05, 3.63) is 69.5 Å². The lowest BCUT2D eigenvalue weighted by Crippen LogP contribution is -2.48. The van der Waals surface area contributed by atoms with Gasteiger partial charge >= 0.3 is 5.63 Å². The molecule has 1 atom stereocenters. The molecule has 0 aliphatic rings. The molecule has 0 radical (unpaired) electrons. The highest BCUT2D eigenvalue weighted by Crippen LogP contribution is 2.37. The van der Waals surface area contributed by atoms with E-state index in [1.807, 2.05) is 6.07 Å². The van der Waals surface area contributed by atoms with Crippen molar-refractivity contribution in [2.24, 2.45) is 0 Å². The van der Waals surface area contributed by atoms with Gasteiger partial charge in [-0.1, -0.05) is 19.1 Å². The Morgan fingerprint density at radius 2 is 1.79 bits per heavy atom. The fourth-order valence-electron chi connectivity index (χ4n) is 3.99. The number of carboxylic acids is 1. The minimum Gasteiger partial charge on any atom is -0.548 e. The Hall–Kier alpha value is -3.94. The number of carbonyl (C=O) groups is 2. The van der Waals surface area contributed by atoms with Crippen LogP contribution >= 0.6 is 0 Å². The van der Waals surface area contributed by atoms with Crippen molar-refractivity contribution in [3.63, 3.8) is 0 Å². The van der Waals surface area contributed by atoms with Gasteiger partial charge in [-0.3, -0.25) is 4.79 Å². The van der Waals surface area contributed by atoms with Gasteiger partial charge in [-0.25, -0.2) is 9.18 Å². The van der Waals surface area contributed by atoms with Crippen molar-refractivity contribution < 1.29 is 27.9 Å². The molecule has 0 aliphatic carbocycles. The van der Waals surface area contributed by atoms with Gasteiger partial charge in [0.15, 0.2) is 0 Å². The fourth-order valence-corrected chi connectivity index (χ4v) is 3.99. The smallest absolute Gasteiger partial charge is 0.340 e. The molecule has 0 fully saturated rings. The first-order chi connectivity index (χ1) is 15.7. The number of hydrogen-bond acceptors (Lipinski definition) is 6. The molecule has 0 unspecified atom stereocenters. The fraction of sp³-hybridized carbons (Fsp3) is 0.240. The first kappa shape index (κ1) is 22.3. The van der Waals surface area contributed by atoms with Gasteiger partial charge in [0.25, 0.3) is 0 Å². The van der Waals surface area contributed by atoms with E-state index in [-0.39, 0.29) is 24.2 Å². The maximum atomic E-state index is 13.4. The quantitative estimate of drug-likeness (QED) is 0.452. The van der Waals surface area contributed by atoms with Gasteiger partial charge in [0.05, 0.1) is 30.3 Å². The van der Waals surface area contributed by atoms with Crippen molar-refractivity contribution in [3.8, 4) is 11.1 Å². The highest BCUT2D eigenvalue weighted by molar-refractivity contribution is 6.05. The van der Waals surface area contributed by atoms with E-state index in [0.717, 1.165) is 16.5 Å². The molecular formula is C25H21FNO6-. The minimum atomic E-state index is -1.39. The van der Waals surface area contributed by atoms with Crippen molar-refractivity contribution in [2.75, 3.05) is 0 Å². The Kier molecular flexibility index (Phi) is 5.76. The van der Waals surface area contributed by atoms with Crippen molar-refractivity contribution in [1.82, 2.24) is 5.32 Å². The van der Waals surface area contributed by atoms with Gasteiger partial charge in [-0.05, 0) is 49.6 Å². The summed E-state index contributed by atoms with van der Waals surface area (Å²) in [5.74, 6) is -2.36. The number of benzene rings is 2. The number of rotatable bonds is 6. The summed E-state index contributed by atoms with van der Waals surface area (Å²) < 4.78 is 24.7. The van der Waals surface area contributed by atoms with E-state index in [1.165, 1.54) is 12.1 Å². The Morgan fingerprint density at radius 3 is 2.42 bits per heavy atom.